The molecule has 1 aromatic carbocycles. The van der Waals surface area contributed by atoms with Crippen molar-refractivity contribution in [3.05, 3.63) is 35.4 Å². The smallest absolute Gasteiger partial charge is 0.237 e. The third kappa shape index (κ3) is 3.73. The highest BCUT2D eigenvalue weighted by atomic mass is 19.1. The van der Waals surface area contributed by atoms with Gasteiger partial charge in [0.05, 0.1) is 6.04 Å². The van der Waals surface area contributed by atoms with E-state index in [1.165, 1.54) is 12.1 Å². The number of carbonyl (C=O) groups is 1. The van der Waals surface area contributed by atoms with E-state index in [2.05, 4.69) is 10.6 Å². The highest BCUT2D eigenvalue weighted by molar-refractivity contribution is 5.81. The number of rotatable bonds is 3. The minimum atomic E-state index is -0.634. The van der Waals surface area contributed by atoms with Gasteiger partial charge in [-0.05, 0) is 32.3 Å². The fraction of sp³-hybridized carbons (Fsp3) is 0.500. The van der Waals surface area contributed by atoms with Crippen LogP contribution < -0.4 is 10.6 Å². The van der Waals surface area contributed by atoms with Crippen molar-refractivity contribution in [3.63, 3.8) is 0 Å². The fourth-order valence-electron chi connectivity index (χ4n) is 2.32. The number of carbonyl (C=O) groups excluding carboxylic acids is 1. The van der Waals surface area contributed by atoms with E-state index in [1.54, 1.807) is 0 Å². The molecule has 1 aliphatic heterocycles. The Hall–Kier alpha value is -1.49. The standard InChI is InChI=1S/C14H18F2N2O/c1-9-3-2-4-13(18-9)14(19)17-8-10-5-6-11(15)7-12(10)16/h5-7,9,13,18H,2-4,8H2,1H3,(H,17,19). The second kappa shape index (κ2) is 6.10. The van der Waals surface area contributed by atoms with Crippen LogP contribution in [0.1, 0.15) is 31.7 Å². The summed E-state index contributed by atoms with van der Waals surface area (Å²) < 4.78 is 26.1. The Morgan fingerprint density at radius 3 is 2.89 bits per heavy atom. The van der Waals surface area contributed by atoms with E-state index in [0.717, 1.165) is 25.3 Å². The summed E-state index contributed by atoms with van der Waals surface area (Å²) in [4.78, 5) is 11.9. The van der Waals surface area contributed by atoms with Crippen molar-refractivity contribution >= 4 is 5.91 Å². The third-order valence-electron chi connectivity index (χ3n) is 3.40. The van der Waals surface area contributed by atoms with Gasteiger partial charge in [-0.25, -0.2) is 8.78 Å². The van der Waals surface area contributed by atoms with Crippen molar-refractivity contribution in [1.82, 2.24) is 10.6 Å². The number of halogens is 2. The Kier molecular flexibility index (Phi) is 4.47. The van der Waals surface area contributed by atoms with E-state index >= 15 is 0 Å². The lowest BCUT2D eigenvalue weighted by Gasteiger charge is -2.27. The van der Waals surface area contributed by atoms with E-state index < -0.39 is 11.6 Å². The van der Waals surface area contributed by atoms with Crippen molar-refractivity contribution in [2.24, 2.45) is 0 Å². The molecule has 1 heterocycles. The van der Waals surface area contributed by atoms with Gasteiger partial charge in [0.2, 0.25) is 5.91 Å². The maximum Gasteiger partial charge on any atom is 0.237 e. The van der Waals surface area contributed by atoms with Gasteiger partial charge in [-0.15, -0.1) is 0 Å². The maximum atomic E-state index is 13.4. The Balaban J connectivity index is 1.89. The zero-order chi connectivity index (χ0) is 13.8. The first-order chi connectivity index (χ1) is 9.06. The van der Waals surface area contributed by atoms with Crippen molar-refractivity contribution in [1.29, 1.82) is 0 Å². The monoisotopic (exact) mass is 268 g/mol. The second-order valence-corrected chi connectivity index (χ2v) is 5.00. The lowest BCUT2D eigenvalue weighted by molar-refractivity contribution is -0.124. The average molecular weight is 268 g/mol. The van der Waals surface area contributed by atoms with Gasteiger partial charge < -0.3 is 10.6 Å². The largest absolute Gasteiger partial charge is 0.351 e. The zero-order valence-corrected chi connectivity index (χ0v) is 10.9. The molecule has 0 aliphatic carbocycles. The van der Waals surface area contributed by atoms with Crippen LogP contribution in [0.4, 0.5) is 8.78 Å². The number of hydrogen-bond acceptors (Lipinski definition) is 2. The molecule has 2 N–H and O–H groups in total. The summed E-state index contributed by atoms with van der Waals surface area (Å²) in [5.74, 6) is -1.38. The van der Waals surface area contributed by atoms with E-state index in [-0.39, 0.29) is 18.5 Å². The molecule has 2 unspecified atom stereocenters. The van der Waals surface area contributed by atoms with Crippen molar-refractivity contribution in [3.8, 4) is 0 Å². The second-order valence-electron chi connectivity index (χ2n) is 5.00. The van der Waals surface area contributed by atoms with Gasteiger partial charge in [0, 0.05) is 24.2 Å². The number of piperidine rings is 1. The minimum Gasteiger partial charge on any atom is -0.351 e. The van der Waals surface area contributed by atoms with Gasteiger partial charge in [-0.3, -0.25) is 4.79 Å². The highest BCUT2D eigenvalue weighted by Crippen LogP contribution is 2.13. The molecule has 0 aromatic heterocycles. The molecule has 5 heteroatoms. The highest BCUT2D eigenvalue weighted by Gasteiger charge is 2.23. The maximum absolute atomic E-state index is 13.4. The van der Waals surface area contributed by atoms with Crippen molar-refractivity contribution < 1.29 is 13.6 Å². The quantitative estimate of drug-likeness (QED) is 0.881. The molecule has 1 fully saturated rings. The van der Waals surface area contributed by atoms with Crippen molar-refractivity contribution in [2.75, 3.05) is 0 Å². The predicted molar refractivity (Wildman–Crippen MR) is 68.4 cm³/mol. The first-order valence-electron chi connectivity index (χ1n) is 6.54. The topological polar surface area (TPSA) is 41.1 Å². The van der Waals surface area contributed by atoms with Crippen LogP contribution in [0.15, 0.2) is 18.2 Å². The van der Waals surface area contributed by atoms with Gasteiger partial charge >= 0.3 is 0 Å². The number of hydrogen-bond donors (Lipinski definition) is 2. The summed E-state index contributed by atoms with van der Waals surface area (Å²) in [6, 6.07) is 3.47. The van der Waals surface area contributed by atoms with E-state index in [0.29, 0.717) is 11.6 Å². The molecular formula is C14H18F2N2O. The predicted octanol–water partition coefficient (Wildman–Crippen LogP) is 2.11. The molecule has 19 heavy (non-hydrogen) atoms. The van der Waals surface area contributed by atoms with Crippen molar-refractivity contribution in [2.45, 2.75) is 44.8 Å². The molecule has 0 saturated carbocycles. The zero-order valence-electron chi connectivity index (χ0n) is 10.9. The Morgan fingerprint density at radius 2 is 2.21 bits per heavy atom. The summed E-state index contributed by atoms with van der Waals surface area (Å²) >= 11 is 0. The molecular weight excluding hydrogens is 250 g/mol. The van der Waals surface area contributed by atoms with Crippen LogP contribution in [-0.2, 0) is 11.3 Å². The fourth-order valence-corrected chi connectivity index (χ4v) is 2.32. The van der Waals surface area contributed by atoms with E-state index in [1.807, 2.05) is 6.92 Å². The molecule has 0 radical (unpaired) electrons. The summed E-state index contributed by atoms with van der Waals surface area (Å²) in [7, 11) is 0. The molecule has 104 valence electrons. The van der Waals surface area contributed by atoms with E-state index in [4.69, 9.17) is 0 Å². The Morgan fingerprint density at radius 1 is 1.42 bits per heavy atom. The average Bonchev–Trinajstić information content (AvgIpc) is 2.37. The molecule has 0 bridgehead atoms. The first kappa shape index (κ1) is 13.9. The van der Waals surface area contributed by atoms with Gasteiger partial charge in [0.15, 0.2) is 0 Å². The van der Waals surface area contributed by atoms with Gasteiger partial charge in [0.25, 0.3) is 0 Å². The number of nitrogens with one attached hydrogen (secondary N) is 2. The first-order valence-corrected chi connectivity index (χ1v) is 6.54. The summed E-state index contributed by atoms with van der Waals surface area (Å²) in [6.07, 6.45) is 2.87. The molecule has 0 spiro atoms. The van der Waals surface area contributed by atoms with Crippen LogP contribution in [0.3, 0.4) is 0 Å². The SMILES string of the molecule is CC1CCCC(C(=O)NCc2ccc(F)cc2F)N1. The summed E-state index contributed by atoms with van der Waals surface area (Å²) in [5, 5.41) is 5.90. The number of amides is 1. The van der Waals surface area contributed by atoms with Crippen LogP contribution in [-0.4, -0.2) is 18.0 Å². The third-order valence-corrected chi connectivity index (χ3v) is 3.40. The molecule has 2 atom stereocenters. The minimum absolute atomic E-state index is 0.0809. The normalized spacial score (nSPS) is 23.1. The summed E-state index contributed by atoms with van der Waals surface area (Å²) in [5.41, 5.74) is 0.290. The van der Waals surface area contributed by atoms with Gasteiger partial charge in [0.1, 0.15) is 11.6 Å². The molecule has 1 saturated heterocycles. The molecule has 1 aliphatic rings. The molecule has 1 amide bonds. The van der Waals surface area contributed by atoms with Crippen LogP contribution in [0, 0.1) is 11.6 Å². The van der Waals surface area contributed by atoms with Gasteiger partial charge in [-0.2, -0.15) is 0 Å². The lowest BCUT2D eigenvalue weighted by atomic mass is 9.99. The lowest BCUT2D eigenvalue weighted by Crippen LogP contribution is -2.49. The Labute approximate surface area is 111 Å². The molecule has 2 rings (SSSR count). The summed E-state index contributed by atoms with van der Waals surface area (Å²) in [6.45, 7) is 2.12. The van der Waals surface area contributed by atoms with E-state index in [9.17, 15) is 13.6 Å². The van der Waals surface area contributed by atoms with Crippen LogP contribution in [0.2, 0.25) is 0 Å². The van der Waals surface area contributed by atoms with Crippen LogP contribution in [0.5, 0.6) is 0 Å². The Bertz CT molecular complexity index is 465. The van der Waals surface area contributed by atoms with Crippen LogP contribution in [0.25, 0.3) is 0 Å². The molecule has 1 aromatic rings. The number of benzene rings is 1. The van der Waals surface area contributed by atoms with Gasteiger partial charge in [-0.1, -0.05) is 6.07 Å². The van der Waals surface area contributed by atoms with Crippen LogP contribution >= 0.6 is 0 Å². The molecule has 3 nitrogen and oxygen atoms in total.